The van der Waals surface area contributed by atoms with Crippen LogP contribution in [0.2, 0.25) is 0 Å². The quantitative estimate of drug-likeness (QED) is 0.608. The maximum absolute atomic E-state index is 13.4. The van der Waals surface area contributed by atoms with Crippen LogP contribution in [0.1, 0.15) is 55.3 Å². The highest BCUT2D eigenvalue weighted by Crippen LogP contribution is 2.25. The average Bonchev–Trinajstić information content (AvgIpc) is 3.07. The molecule has 1 atom stereocenters. The van der Waals surface area contributed by atoms with Gasteiger partial charge in [0.1, 0.15) is 11.8 Å². The zero-order valence-electron chi connectivity index (χ0n) is 19.7. The van der Waals surface area contributed by atoms with Crippen molar-refractivity contribution in [3.8, 4) is 5.75 Å². The van der Waals surface area contributed by atoms with Gasteiger partial charge >= 0.3 is 0 Å². The van der Waals surface area contributed by atoms with Crippen LogP contribution in [-0.4, -0.2) is 79.5 Å². The maximum Gasteiger partial charge on any atom is 0.255 e. The summed E-state index contributed by atoms with van der Waals surface area (Å²) >= 11 is 1.69. The van der Waals surface area contributed by atoms with Crippen molar-refractivity contribution in [2.75, 3.05) is 51.8 Å². The van der Waals surface area contributed by atoms with E-state index in [4.69, 9.17) is 4.74 Å². The summed E-state index contributed by atoms with van der Waals surface area (Å²) in [6.45, 7) is 4.66. The van der Waals surface area contributed by atoms with Crippen molar-refractivity contribution in [1.29, 1.82) is 0 Å². The van der Waals surface area contributed by atoms with Gasteiger partial charge in [0.2, 0.25) is 5.91 Å². The number of hydrogen-bond donors (Lipinski definition) is 1. The van der Waals surface area contributed by atoms with Gasteiger partial charge in [0.15, 0.2) is 0 Å². The molecule has 3 rings (SSSR count). The second-order valence-corrected chi connectivity index (χ2v) is 9.98. The first kappa shape index (κ1) is 24.9. The van der Waals surface area contributed by atoms with E-state index in [1.165, 1.54) is 38.6 Å². The molecular weight excluding hydrogens is 422 g/mol. The Hall–Kier alpha value is -1.73. The minimum Gasteiger partial charge on any atom is -0.496 e. The topological polar surface area (TPSA) is 61.9 Å². The molecule has 1 aliphatic carbocycles. The molecule has 1 saturated carbocycles. The Kier molecular flexibility index (Phi) is 10.2. The Balaban J connectivity index is 1.60. The number of methoxy groups -OCH3 is 1. The molecule has 1 N–H and O–H groups in total. The molecule has 0 radical (unpaired) electrons. The SMILES string of the molecule is COc1ccccc1C(=O)NC(CCSC)C(=O)N1CCCN(CC2CCCCC2)CC1. The molecule has 1 unspecified atom stereocenters. The van der Waals surface area contributed by atoms with Crippen LogP contribution in [0.3, 0.4) is 0 Å². The van der Waals surface area contributed by atoms with E-state index in [9.17, 15) is 9.59 Å². The second kappa shape index (κ2) is 13.1. The molecular formula is C25H39N3O3S. The van der Waals surface area contributed by atoms with Gasteiger partial charge < -0.3 is 19.9 Å². The number of nitrogens with one attached hydrogen (secondary N) is 1. The number of ether oxygens (including phenoxy) is 1. The van der Waals surface area contributed by atoms with E-state index in [2.05, 4.69) is 10.2 Å². The molecule has 0 bridgehead atoms. The number of nitrogens with zero attached hydrogens (tertiary/aromatic N) is 2. The molecule has 0 aromatic heterocycles. The summed E-state index contributed by atoms with van der Waals surface area (Å²) in [6, 6.07) is 6.64. The van der Waals surface area contributed by atoms with Gasteiger partial charge in [-0.05, 0) is 62.3 Å². The van der Waals surface area contributed by atoms with Crippen molar-refractivity contribution in [3.63, 3.8) is 0 Å². The van der Waals surface area contributed by atoms with Gasteiger partial charge in [-0.3, -0.25) is 9.59 Å². The number of carbonyl (C=O) groups excluding carboxylic acids is 2. The van der Waals surface area contributed by atoms with E-state index in [0.717, 1.165) is 44.3 Å². The predicted molar refractivity (Wildman–Crippen MR) is 131 cm³/mol. The Bertz CT molecular complexity index is 739. The lowest BCUT2D eigenvalue weighted by molar-refractivity contribution is -0.133. The van der Waals surface area contributed by atoms with E-state index in [1.54, 1.807) is 31.0 Å². The molecule has 1 saturated heterocycles. The van der Waals surface area contributed by atoms with Crippen LogP contribution in [-0.2, 0) is 4.79 Å². The molecule has 32 heavy (non-hydrogen) atoms. The highest BCUT2D eigenvalue weighted by Gasteiger charge is 2.29. The molecule has 1 aliphatic heterocycles. The monoisotopic (exact) mass is 461 g/mol. The fourth-order valence-electron chi connectivity index (χ4n) is 4.89. The highest BCUT2D eigenvalue weighted by molar-refractivity contribution is 7.98. The van der Waals surface area contributed by atoms with Crippen molar-refractivity contribution in [1.82, 2.24) is 15.1 Å². The first-order valence-electron chi connectivity index (χ1n) is 12.1. The van der Waals surface area contributed by atoms with Crippen molar-refractivity contribution in [2.24, 2.45) is 5.92 Å². The van der Waals surface area contributed by atoms with Gasteiger partial charge in [-0.15, -0.1) is 0 Å². The Labute approximate surface area is 197 Å². The molecule has 1 aromatic carbocycles. The number of hydrogen-bond acceptors (Lipinski definition) is 5. The third kappa shape index (κ3) is 7.14. The summed E-state index contributed by atoms with van der Waals surface area (Å²) in [5.41, 5.74) is 0.464. The number of carbonyl (C=O) groups is 2. The van der Waals surface area contributed by atoms with Gasteiger partial charge in [0.05, 0.1) is 12.7 Å². The van der Waals surface area contributed by atoms with E-state index >= 15 is 0 Å². The largest absolute Gasteiger partial charge is 0.496 e. The van der Waals surface area contributed by atoms with E-state index in [-0.39, 0.29) is 11.8 Å². The van der Waals surface area contributed by atoms with Crippen LogP contribution in [0.5, 0.6) is 5.75 Å². The Morgan fingerprint density at radius 3 is 2.62 bits per heavy atom. The van der Waals surface area contributed by atoms with E-state index in [0.29, 0.717) is 17.7 Å². The fraction of sp³-hybridized carbons (Fsp3) is 0.680. The smallest absolute Gasteiger partial charge is 0.255 e. The number of rotatable bonds is 9. The molecule has 1 aromatic rings. The van der Waals surface area contributed by atoms with Crippen molar-refractivity contribution in [3.05, 3.63) is 29.8 Å². The average molecular weight is 462 g/mol. The number of para-hydroxylation sites is 1. The molecule has 0 spiro atoms. The van der Waals surface area contributed by atoms with Crippen LogP contribution in [0.4, 0.5) is 0 Å². The minimum absolute atomic E-state index is 0.0433. The fourth-order valence-corrected chi connectivity index (χ4v) is 5.36. The normalized spacial score (nSPS) is 19.2. The lowest BCUT2D eigenvalue weighted by atomic mass is 9.89. The number of amides is 2. The molecule has 178 valence electrons. The van der Waals surface area contributed by atoms with E-state index in [1.807, 2.05) is 23.3 Å². The van der Waals surface area contributed by atoms with Gasteiger partial charge in [-0.25, -0.2) is 0 Å². The molecule has 2 fully saturated rings. The van der Waals surface area contributed by atoms with Gasteiger partial charge in [-0.1, -0.05) is 31.4 Å². The third-order valence-electron chi connectivity index (χ3n) is 6.71. The number of benzene rings is 1. The summed E-state index contributed by atoms with van der Waals surface area (Å²) in [6.07, 6.45) is 10.5. The van der Waals surface area contributed by atoms with Crippen LogP contribution in [0.25, 0.3) is 0 Å². The maximum atomic E-state index is 13.4. The van der Waals surface area contributed by atoms with Crippen molar-refractivity contribution in [2.45, 2.75) is 51.0 Å². The van der Waals surface area contributed by atoms with E-state index < -0.39 is 6.04 Å². The summed E-state index contributed by atoms with van der Waals surface area (Å²) in [4.78, 5) is 30.9. The third-order valence-corrected chi connectivity index (χ3v) is 7.35. The number of thioether (sulfide) groups is 1. The standard InChI is InChI=1S/C25H39N3O3S/c1-31-23-12-7-6-11-21(23)24(29)26-22(13-18-32-2)25(30)28-15-8-14-27(16-17-28)19-20-9-4-3-5-10-20/h6-7,11-12,20,22H,3-5,8-10,13-19H2,1-2H3,(H,26,29). The summed E-state index contributed by atoms with van der Waals surface area (Å²) in [5, 5.41) is 3.00. The van der Waals surface area contributed by atoms with Crippen LogP contribution < -0.4 is 10.1 Å². The van der Waals surface area contributed by atoms with Gasteiger partial charge in [0.25, 0.3) is 5.91 Å². The Morgan fingerprint density at radius 2 is 1.88 bits per heavy atom. The zero-order valence-corrected chi connectivity index (χ0v) is 20.5. The molecule has 7 heteroatoms. The molecule has 1 heterocycles. The zero-order chi connectivity index (χ0) is 22.8. The lowest BCUT2D eigenvalue weighted by Gasteiger charge is -2.29. The van der Waals surface area contributed by atoms with Crippen LogP contribution >= 0.6 is 11.8 Å². The minimum atomic E-state index is -0.509. The lowest BCUT2D eigenvalue weighted by Crippen LogP contribution is -2.50. The molecule has 2 amide bonds. The molecule has 6 nitrogen and oxygen atoms in total. The molecule has 2 aliphatic rings. The van der Waals surface area contributed by atoms with Crippen molar-refractivity contribution < 1.29 is 14.3 Å². The van der Waals surface area contributed by atoms with Gasteiger partial charge in [0, 0.05) is 26.2 Å². The summed E-state index contributed by atoms with van der Waals surface area (Å²) < 4.78 is 5.33. The first-order chi connectivity index (χ1) is 15.6. The first-order valence-corrected chi connectivity index (χ1v) is 13.5. The summed E-state index contributed by atoms with van der Waals surface area (Å²) in [7, 11) is 1.55. The van der Waals surface area contributed by atoms with Crippen LogP contribution in [0.15, 0.2) is 24.3 Å². The second-order valence-electron chi connectivity index (χ2n) is 8.99. The van der Waals surface area contributed by atoms with Gasteiger partial charge in [-0.2, -0.15) is 11.8 Å². The van der Waals surface area contributed by atoms with Crippen molar-refractivity contribution >= 4 is 23.6 Å². The van der Waals surface area contributed by atoms with Crippen LogP contribution in [0, 0.1) is 5.92 Å². The predicted octanol–water partition coefficient (Wildman–Crippen LogP) is 3.66. The highest BCUT2D eigenvalue weighted by atomic mass is 32.2. The summed E-state index contributed by atoms with van der Waals surface area (Å²) in [5.74, 6) is 1.96. The Morgan fingerprint density at radius 1 is 1.09 bits per heavy atom.